The van der Waals surface area contributed by atoms with E-state index >= 15 is 0 Å². The lowest BCUT2D eigenvalue weighted by atomic mass is 10.1. The first-order chi connectivity index (χ1) is 11.4. The highest BCUT2D eigenvalue weighted by Gasteiger charge is 2.24. The summed E-state index contributed by atoms with van der Waals surface area (Å²) < 4.78 is 0.776. The van der Waals surface area contributed by atoms with Gasteiger partial charge in [0.1, 0.15) is 0 Å². The first-order valence-corrected chi connectivity index (χ1v) is 9.07. The number of aryl methyl sites for hydroxylation is 1. The van der Waals surface area contributed by atoms with Crippen molar-refractivity contribution in [1.29, 1.82) is 0 Å². The molecule has 0 bridgehead atoms. The summed E-state index contributed by atoms with van der Waals surface area (Å²) in [5.41, 5.74) is 2.63. The Labute approximate surface area is 159 Å². The van der Waals surface area contributed by atoms with Crippen LogP contribution in [0.3, 0.4) is 0 Å². The SMILES string of the molecule is Cc1ccc(C(=O)NC2CC2)cc1NC(=O)c1ccc(Cl)cc1I. The minimum Gasteiger partial charge on any atom is -0.349 e. The van der Waals surface area contributed by atoms with Crippen LogP contribution in [0.4, 0.5) is 5.69 Å². The summed E-state index contributed by atoms with van der Waals surface area (Å²) in [6, 6.07) is 10.7. The van der Waals surface area contributed by atoms with Crippen molar-refractivity contribution >= 4 is 51.7 Å². The van der Waals surface area contributed by atoms with Gasteiger partial charge in [0, 0.05) is 25.9 Å². The molecule has 0 saturated heterocycles. The molecule has 2 aromatic carbocycles. The summed E-state index contributed by atoms with van der Waals surface area (Å²) in [5, 5.41) is 6.42. The fourth-order valence-electron chi connectivity index (χ4n) is 2.26. The number of rotatable bonds is 4. The van der Waals surface area contributed by atoms with Gasteiger partial charge in [-0.1, -0.05) is 17.7 Å². The lowest BCUT2D eigenvalue weighted by Gasteiger charge is -2.12. The van der Waals surface area contributed by atoms with Gasteiger partial charge in [-0.25, -0.2) is 0 Å². The van der Waals surface area contributed by atoms with Crippen molar-refractivity contribution in [2.45, 2.75) is 25.8 Å². The summed E-state index contributed by atoms with van der Waals surface area (Å²) in [6.07, 6.45) is 2.08. The third-order valence-corrected chi connectivity index (χ3v) is 4.96. The number of amides is 2. The molecule has 124 valence electrons. The van der Waals surface area contributed by atoms with E-state index < -0.39 is 0 Å². The quantitative estimate of drug-likeness (QED) is 0.673. The molecule has 2 N–H and O–H groups in total. The summed E-state index contributed by atoms with van der Waals surface area (Å²) in [5.74, 6) is -0.326. The standard InChI is InChI=1S/C18H16ClIN2O2/c1-10-2-3-11(17(23)21-13-5-6-13)8-16(10)22-18(24)14-7-4-12(19)9-15(14)20/h2-4,7-9,13H,5-6H2,1H3,(H,21,23)(H,22,24). The molecule has 0 spiro atoms. The van der Waals surface area contributed by atoms with E-state index in [1.807, 2.05) is 13.0 Å². The third kappa shape index (κ3) is 4.08. The third-order valence-electron chi connectivity index (χ3n) is 3.84. The molecule has 0 atom stereocenters. The van der Waals surface area contributed by atoms with Crippen LogP contribution in [0.1, 0.15) is 39.1 Å². The number of nitrogens with one attached hydrogen (secondary N) is 2. The van der Waals surface area contributed by atoms with E-state index in [4.69, 9.17) is 11.6 Å². The van der Waals surface area contributed by atoms with E-state index in [0.717, 1.165) is 22.0 Å². The second-order valence-corrected chi connectivity index (χ2v) is 7.45. The van der Waals surface area contributed by atoms with E-state index in [1.54, 1.807) is 30.3 Å². The van der Waals surface area contributed by atoms with Crippen molar-refractivity contribution in [3.63, 3.8) is 0 Å². The number of carbonyl (C=O) groups is 2. The minimum atomic E-state index is -0.223. The van der Waals surface area contributed by atoms with Crippen molar-refractivity contribution < 1.29 is 9.59 Å². The zero-order valence-electron chi connectivity index (χ0n) is 13.0. The van der Waals surface area contributed by atoms with Gasteiger partial charge in [0.25, 0.3) is 11.8 Å². The van der Waals surface area contributed by atoms with E-state index in [1.165, 1.54) is 0 Å². The number of hydrogen-bond donors (Lipinski definition) is 2. The number of benzene rings is 2. The highest BCUT2D eigenvalue weighted by atomic mass is 127. The van der Waals surface area contributed by atoms with Crippen molar-refractivity contribution in [2.75, 3.05) is 5.32 Å². The summed E-state index contributed by atoms with van der Waals surface area (Å²) in [4.78, 5) is 24.7. The van der Waals surface area contributed by atoms with Gasteiger partial charge in [0.05, 0.1) is 5.56 Å². The Balaban J connectivity index is 1.80. The van der Waals surface area contributed by atoms with Gasteiger partial charge < -0.3 is 10.6 Å². The molecule has 1 fully saturated rings. The van der Waals surface area contributed by atoms with Crippen LogP contribution in [0.2, 0.25) is 5.02 Å². The lowest BCUT2D eigenvalue weighted by Crippen LogP contribution is -2.25. The summed E-state index contributed by atoms with van der Waals surface area (Å²) in [7, 11) is 0. The summed E-state index contributed by atoms with van der Waals surface area (Å²) >= 11 is 8.01. The topological polar surface area (TPSA) is 58.2 Å². The normalized spacial score (nSPS) is 13.5. The molecule has 0 heterocycles. The average molecular weight is 455 g/mol. The molecule has 2 amide bonds. The Kier molecular flexibility index (Phi) is 5.10. The molecule has 0 aliphatic heterocycles. The maximum Gasteiger partial charge on any atom is 0.256 e. The molecule has 0 unspecified atom stereocenters. The minimum absolute atomic E-state index is 0.103. The smallest absolute Gasteiger partial charge is 0.256 e. The van der Waals surface area contributed by atoms with Gasteiger partial charge in [0.2, 0.25) is 0 Å². The van der Waals surface area contributed by atoms with Gasteiger partial charge >= 0.3 is 0 Å². The zero-order valence-corrected chi connectivity index (χ0v) is 15.9. The maximum absolute atomic E-state index is 12.5. The van der Waals surface area contributed by atoms with Gasteiger partial charge in [0.15, 0.2) is 0 Å². The molecule has 4 nitrogen and oxygen atoms in total. The van der Waals surface area contributed by atoms with E-state index in [9.17, 15) is 9.59 Å². The first kappa shape index (κ1) is 17.2. The number of halogens is 2. The van der Waals surface area contributed by atoms with Crippen molar-refractivity contribution in [1.82, 2.24) is 5.32 Å². The molecule has 1 saturated carbocycles. The maximum atomic E-state index is 12.5. The van der Waals surface area contributed by atoms with Gasteiger partial charge in [-0.15, -0.1) is 0 Å². The van der Waals surface area contributed by atoms with Crippen molar-refractivity contribution in [3.05, 3.63) is 61.7 Å². The predicted molar refractivity (Wildman–Crippen MR) is 104 cm³/mol. The number of anilines is 1. The monoisotopic (exact) mass is 454 g/mol. The van der Waals surface area contributed by atoms with Gasteiger partial charge in [-0.05, 0) is 78.3 Å². The number of hydrogen-bond acceptors (Lipinski definition) is 2. The van der Waals surface area contributed by atoms with Crippen LogP contribution in [0.5, 0.6) is 0 Å². The fraction of sp³-hybridized carbons (Fsp3) is 0.222. The molecule has 3 rings (SSSR count). The van der Waals surface area contributed by atoms with Crippen molar-refractivity contribution in [3.8, 4) is 0 Å². The molecule has 0 aromatic heterocycles. The summed E-state index contributed by atoms with van der Waals surface area (Å²) in [6.45, 7) is 1.89. The molecule has 24 heavy (non-hydrogen) atoms. The molecule has 0 radical (unpaired) electrons. The van der Waals surface area contributed by atoms with Crippen molar-refractivity contribution in [2.24, 2.45) is 0 Å². The van der Waals surface area contributed by atoms with Crippen LogP contribution in [0, 0.1) is 10.5 Å². The molecule has 1 aliphatic carbocycles. The molecule has 2 aromatic rings. The molecular weight excluding hydrogens is 439 g/mol. The molecule has 1 aliphatic rings. The van der Waals surface area contributed by atoms with E-state index in [2.05, 4.69) is 33.2 Å². The van der Waals surface area contributed by atoms with E-state index in [-0.39, 0.29) is 11.8 Å². The Hall–Kier alpha value is -1.60. The highest BCUT2D eigenvalue weighted by molar-refractivity contribution is 14.1. The van der Waals surface area contributed by atoms with Crippen LogP contribution in [-0.2, 0) is 0 Å². The molecular formula is C18H16ClIN2O2. The first-order valence-electron chi connectivity index (χ1n) is 7.62. The van der Waals surface area contributed by atoms with Crippen LogP contribution in [0.15, 0.2) is 36.4 Å². The Morgan fingerprint density at radius 1 is 1.12 bits per heavy atom. The average Bonchev–Trinajstić information content (AvgIpc) is 3.33. The van der Waals surface area contributed by atoms with Crippen LogP contribution in [0.25, 0.3) is 0 Å². The molecule has 6 heteroatoms. The largest absolute Gasteiger partial charge is 0.349 e. The Morgan fingerprint density at radius 3 is 2.54 bits per heavy atom. The predicted octanol–water partition coefficient (Wildman–Crippen LogP) is 4.40. The van der Waals surface area contributed by atoms with Crippen LogP contribution >= 0.6 is 34.2 Å². The van der Waals surface area contributed by atoms with Gasteiger partial charge in [-0.2, -0.15) is 0 Å². The highest BCUT2D eigenvalue weighted by Crippen LogP contribution is 2.23. The van der Waals surface area contributed by atoms with Gasteiger partial charge in [-0.3, -0.25) is 9.59 Å². The Morgan fingerprint density at radius 2 is 1.88 bits per heavy atom. The fourth-order valence-corrected chi connectivity index (χ4v) is 3.37. The number of carbonyl (C=O) groups excluding carboxylic acids is 2. The second-order valence-electron chi connectivity index (χ2n) is 5.86. The lowest BCUT2D eigenvalue weighted by molar-refractivity contribution is 0.0949. The van der Waals surface area contributed by atoms with E-state index in [0.29, 0.717) is 27.9 Å². The second kappa shape index (κ2) is 7.11. The van der Waals surface area contributed by atoms with Crippen LogP contribution < -0.4 is 10.6 Å². The Bertz CT molecular complexity index is 819. The van der Waals surface area contributed by atoms with Crippen LogP contribution in [-0.4, -0.2) is 17.9 Å². The zero-order chi connectivity index (χ0) is 17.3.